The summed E-state index contributed by atoms with van der Waals surface area (Å²) >= 11 is 1.45. The molecule has 0 radical (unpaired) electrons. The number of benzene rings is 3. The van der Waals surface area contributed by atoms with E-state index < -0.39 is 0 Å². The average Bonchev–Trinajstić information content (AvgIpc) is 3.28. The Morgan fingerprint density at radius 2 is 1.59 bits per heavy atom. The number of carbonyl (C=O) groups is 1. The molecule has 0 saturated heterocycles. The number of amides is 1. The van der Waals surface area contributed by atoms with E-state index in [0.717, 1.165) is 22.8 Å². The highest BCUT2D eigenvalue weighted by Crippen LogP contribution is 2.24. The summed E-state index contributed by atoms with van der Waals surface area (Å²) in [6.45, 7) is 5.38. The highest BCUT2D eigenvalue weighted by molar-refractivity contribution is 7.14. The Balaban J connectivity index is 1.50. The topological polar surface area (TPSA) is 45.2 Å². The highest BCUT2D eigenvalue weighted by Gasteiger charge is 2.19. The summed E-state index contributed by atoms with van der Waals surface area (Å²) in [6, 6.07) is 26.6. The van der Waals surface area contributed by atoms with Gasteiger partial charge in [-0.25, -0.2) is 4.98 Å². The second-order valence-electron chi connectivity index (χ2n) is 7.91. The summed E-state index contributed by atoms with van der Waals surface area (Å²) in [7, 11) is 0. The van der Waals surface area contributed by atoms with E-state index in [1.165, 1.54) is 28.0 Å². The van der Waals surface area contributed by atoms with Crippen LogP contribution in [-0.2, 0) is 13.0 Å². The van der Waals surface area contributed by atoms with Gasteiger partial charge in [-0.05, 0) is 54.7 Å². The van der Waals surface area contributed by atoms with E-state index in [1.807, 2.05) is 52.7 Å². The van der Waals surface area contributed by atoms with E-state index in [1.54, 1.807) is 0 Å². The van der Waals surface area contributed by atoms with Crippen molar-refractivity contribution >= 4 is 28.1 Å². The molecule has 1 aromatic heterocycles. The second-order valence-corrected chi connectivity index (χ2v) is 8.77. The lowest BCUT2D eigenvalue weighted by Gasteiger charge is -2.22. The van der Waals surface area contributed by atoms with Crippen LogP contribution in [-0.4, -0.2) is 22.3 Å². The number of carbonyl (C=O) groups excluding carboxylic acids is 1. The van der Waals surface area contributed by atoms with E-state index in [4.69, 9.17) is 0 Å². The normalized spacial score (nSPS) is 10.7. The number of hydrogen-bond donors (Lipinski definition) is 1. The largest absolute Gasteiger partial charge is 0.333 e. The molecule has 1 heterocycles. The number of aryl methyl sites for hydroxylation is 2. The minimum absolute atomic E-state index is 0.0471. The van der Waals surface area contributed by atoms with Crippen LogP contribution in [0.25, 0.3) is 0 Å². The average molecular weight is 442 g/mol. The number of thiazole rings is 1. The first-order valence-electron chi connectivity index (χ1n) is 10.8. The van der Waals surface area contributed by atoms with Gasteiger partial charge in [-0.15, -0.1) is 11.3 Å². The molecule has 162 valence electrons. The van der Waals surface area contributed by atoms with Crippen molar-refractivity contribution in [3.05, 3.63) is 112 Å². The first kappa shape index (κ1) is 21.8. The van der Waals surface area contributed by atoms with E-state index in [0.29, 0.717) is 18.8 Å². The Morgan fingerprint density at radius 1 is 0.906 bits per heavy atom. The fraction of sp³-hybridized carbons (Fsp3) is 0.185. The van der Waals surface area contributed by atoms with Crippen molar-refractivity contribution in [3.63, 3.8) is 0 Å². The third-order valence-corrected chi connectivity index (χ3v) is 6.26. The van der Waals surface area contributed by atoms with Gasteiger partial charge in [-0.3, -0.25) is 4.79 Å². The van der Waals surface area contributed by atoms with Crippen LogP contribution in [0.15, 0.2) is 84.2 Å². The SMILES string of the molecule is Cc1ccc(Nc2nc(C(=O)N(CCc3ccccc3)Cc3ccccc3)cs2)cc1C. The summed E-state index contributed by atoms with van der Waals surface area (Å²) in [5.74, 6) is -0.0471. The maximum atomic E-state index is 13.4. The number of nitrogens with one attached hydrogen (secondary N) is 1. The molecule has 0 spiro atoms. The van der Waals surface area contributed by atoms with Crippen molar-refractivity contribution in [1.82, 2.24) is 9.88 Å². The molecule has 1 N–H and O–H groups in total. The molecule has 5 heteroatoms. The van der Waals surface area contributed by atoms with Crippen molar-refractivity contribution in [3.8, 4) is 0 Å². The maximum absolute atomic E-state index is 13.4. The molecular weight excluding hydrogens is 414 g/mol. The van der Waals surface area contributed by atoms with Crippen molar-refractivity contribution in [2.24, 2.45) is 0 Å². The van der Waals surface area contributed by atoms with Crippen LogP contribution in [0.4, 0.5) is 10.8 Å². The van der Waals surface area contributed by atoms with Gasteiger partial charge in [0.1, 0.15) is 5.69 Å². The number of hydrogen-bond acceptors (Lipinski definition) is 4. The molecule has 1 amide bonds. The van der Waals surface area contributed by atoms with Crippen LogP contribution in [0.1, 0.15) is 32.7 Å². The Kier molecular flexibility index (Phi) is 6.97. The van der Waals surface area contributed by atoms with Crippen molar-refractivity contribution < 1.29 is 4.79 Å². The minimum atomic E-state index is -0.0471. The van der Waals surface area contributed by atoms with Gasteiger partial charge < -0.3 is 10.2 Å². The number of aromatic nitrogens is 1. The molecule has 3 aromatic carbocycles. The van der Waals surface area contributed by atoms with Crippen LogP contribution in [0, 0.1) is 13.8 Å². The minimum Gasteiger partial charge on any atom is -0.333 e. The molecule has 0 fully saturated rings. The quantitative estimate of drug-likeness (QED) is 0.345. The highest BCUT2D eigenvalue weighted by atomic mass is 32.1. The molecule has 4 nitrogen and oxygen atoms in total. The molecule has 0 bridgehead atoms. The molecule has 4 rings (SSSR count). The van der Waals surface area contributed by atoms with E-state index >= 15 is 0 Å². The zero-order valence-electron chi connectivity index (χ0n) is 18.4. The van der Waals surface area contributed by atoms with Gasteiger partial charge in [0.25, 0.3) is 5.91 Å². The molecular formula is C27H27N3OS. The van der Waals surface area contributed by atoms with Crippen LogP contribution in [0.5, 0.6) is 0 Å². The van der Waals surface area contributed by atoms with Gasteiger partial charge in [0, 0.05) is 24.2 Å². The number of nitrogens with zero attached hydrogens (tertiary/aromatic N) is 2. The Hall–Kier alpha value is -3.44. The lowest BCUT2D eigenvalue weighted by Crippen LogP contribution is -2.32. The van der Waals surface area contributed by atoms with Gasteiger partial charge in [0.05, 0.1) is 0 Å². The molecule has 0 atom stereocenters. The van der Waals surface area contributed by atoms with Crippen molar-refractivity contribution in [2.75, 3.05) is 11.9 Å². The third-order valence-electron chi connectivity index (χ3n) is 5.50. The van der Waals surface area contributed by atoms with Gasteiger partial charge in [-0.2, -0.15) is 0 Å². The third kappa shape index (κ3) is 5.62. The van der Waals surface area contributed by atoms with Crippen molar-refractivity contribution in [1.29, 1.82) is 0 Å². The van der Waals surface area contributed by atoms with E-state index in [9.17, 15) is 4.79 Å². The second kappa shape index (κ2) is 10.2. The molecule has 0 saturated carbocycles. The predicted octanol–water partition coefficient (Wildman–Crippen LogP) is 6.39. The number of rotatable bonds is 8. The summed E-state index contributed by atoms with van der Waals surface area (Å²) in [5.41, 5.74) is 6.25. The van der Waals surface area contributed by atoms with E-state index in [2.05, 4.69) is 60.5 Å². The lowest BCUT2D eigenvalue weighted by atomic mass is 10.1. The van der Waals surface area contributed by atoms with Gasteiger partial charge in [-0.1, -0.05) is 66.7 Å². The Morgan fingerprint density at radius 3 is 2.28 bits per heavy atom. The van der Waals surface area contributed by atoms with Crippen LogP contribution < -0.4 is 5.32 Å². The molecule has 0 aliphatic carbocycles. The fourth-order valence-electron chi connectivity index (χ4n) is 3.50. The lowest BCUT2D eigenvalue weighted by molar-refractivity contribution is 0.0740. The molecule has 0 aliphatic rings. The smallest absolute Gasteiger partial charge is 0.273 e. The summed E-state index contributed by atoms with van der Waals surface area (Å²) in [5, 5.41) is 5.89. The first-order valence-corrected chi connectivity index (χ1v) is 11.6. The molecule has 0 unspecified atom stereocenters. The molecule has 4 aromatic rings. The molecule has 0 aliphatic heterocycles. The zero-order valence-corrected chi connectivity index (χ0v) is 19.2. The Labute approximate surface area is 193 Å². The number of anilines is 2. The monoisotopic (exact) mass is 441 g/mol. The standard InChI is InChI=1S/C27H27N3OS/c1-20-13-14-24(17-21(20)2)28-27-29-25(19-32-27)26(31)30(18-23-11-7-4-8-12-23)16-15-22-9-5-3-6-10-22/h3-14,17,19H,15-16,18H2,1-2H3,(H,28,29). The van der Waals surface area contributed by atoms with Crippen LogP contribution >= 0.6 is 11.3 Å². The summed E-state index contributed by atoms with van der Waals surface area (Å²) in [6.07, 6.45) is 0.803. The predicted molar refractivity (Wildman–Crippen MR) is 133 cm³/mol. The fourth-order valence-corrected chi connectivity index (χ4v) is 4.20. The Bertz CT molecular complexity index is 1170. The molecule has 32 heavy (non-hydrogen) atoms. The van der Waals surface area contributed by atoms with E-state index in [-0.39, 0.29) is 5.91 Å². The van der Waals surface area contributed by atoms with Gasteiger partial charge in [0.15, 0.2) is 5.13 Å². The summed E-state index contributed by atoms with van der Waals surface area (Å²) < 4.78 is 0. The zero-order chi connectivity index (χ0) is 22.3. The first-order chi connectivity index (χ1) is 15.6. The van der Waals surface area contributed by atoms with Crippen LogP contribution in [0.3, 0.4) is 0 Å². The van der Waals surface area contributed by atoms with Gasteiger partial charge in [0.2, 0.25) is 0 Å². The van der Waals surface area contributed by atoms with Crippen LogP contribution in [0.2, 0.25) is 0 Å². The van der Waals surface area contributed by atoms with Gasteiger partial charge >= 0.3 is 0 Å². The van der Waals surface area contributed by atoms with Crippen molar-refractivity contribution in [2.45, 2.75) is 26.8 Å². The summed E-state index contributed by atoms with van der Waals surface area (Å²) in [4.78, 5) is 19.9. The maximum Gasteiger partial charge on any atom is 0.273 e.